The van der Waals surface area contributed by atoms with Crippen LogP contribution in [0.4, 0.5) is 5.69 Å². The molecule has 0 aliphatic carbocycles. The molecule has 3 rings (SSSR count). The van der Waals surface area contributed by atoms with E-state index < -0.39 is 0 Å². The second kappa shape index (κ2) is 10.6. The van der Waals surface area contributed by atoms with Gasteiger partial charge in [0.1, 0.15) is 4.88 Å². The summed E-state index contributed by atoms with van der Waals surface area (Å²) < 4.78 is 0. The molecule has 9 heteroatoms. The molecule has 1 aliphatic rings. The van der Waals surface area contributed by atoms with Gasteiger partial charge < -0.3 is 16.0 Å². The highest BCUT2D eigenvalue weighted by molar-refractivity contribution is 7.12. The van der Waals surface area contributed by atoms with Crippen LogP contribution in [0.5, 0.6) is 0 Å². The van der Waals surface area contributed by atoms with Crippen LogP contribution in [0.15, 0.2) is 36.0 Å². The van der Waals surface area contributed by atoms with Crippen molar-refractivity contribution in [2.45, 2.75) is 19.8 Å². The summed E-state index contributed by atoms with van der Waals surface area (Å²) in [5.41, 5.74) is 1.17. The third-order valence-corrected chi connectivity index (χ3v) is 5.46. The van der Waals surface area contributed by atoms with Gasteiger partial charge >= 0.3 is 0 Å². The number of nitrogens with zero attached hydrogens (tertiary/aromatic N) is 1. The van der Waals surface area contributed by atoms with Gasteiger partial charge in [-0.3, -0.25) is 14.6 Å². The van der Waals surface area contributed by atoms with Crippen molar-refractivity contribution >= 4 is 53.7 Å². The van der Waals surface area contributed by atoms with Crippen molar-refractivity contribution in [1.29, 1.82) is 0 Å². The van der Waals surface area contributed by atoms with E-state index in [1.54, 1.807) is 30.6 Å². The summed E-state index contributed by atoms with van der Waals surface area (Å²) in [6.07, 6.45) is 5.22. The van der Waals surface area contributed by atoms with Gasteiger partial charge in [-0.2, -0.15) is 0 Å². The number of pyridine rings is 1. The van der Waals surface area contributed by atoms with Crippen molar-refractivity contribution in [3.8, 4) is 0 Å². The van der Waals surface area contributed by atoms with E-state index in [-0.39, 0.29) is 42.0 Å². The van der Waals surface area contributed by atoms with Gasteiger partial charge in [0.2, 0.25) is 0 Å². The number of amides is 2. The lowest BCUT2D eigenvalue weighted by molar-refractivity contribution is 0.0927. The number of aromatic nitrogens is 1. The Morgan fingerprint density at radius 2 is 1.81 bits per heavy atom. The van der Waals surface area contributed by atoms with Gasteiger partial charge in [0, 0.05) is 24.5 Å². The zero-order chi connectivity index (χ0) is 17.7. The van der Waals surface area contributed by atoms with Crippen LogP contribution in [0.3, 0.4) is 0 Å². The number of rotatable bonds is 5. The van der Waals surface area contributed by atoms with Crippen molar-refractivity contribution in [1.82, 2.24) is 15.6 Å². The summed E-state index contributed by atoms with van der Waals surface area (Å²) in [6, 6.07) is 5.03. The monoisotopic (exact) mass is 430 g/mol. The highest BCUT2D eigenvalue weighted by Gasteiger charge is 2.27. The normalized spacial score (nSPS) is 15.0. The quantitative estimate of drug-likeness (QED) is 0.678. The van der Waals surface area contributed by atoms with Crippen LogP contribution in [0, 0.1) is 5.41 Å². The molecule has 1 fully saturated rings. The summed E-state index contributed by atoms with van der Waals surface area (Å²) in [7, 11) is 0. The SMILES string of the molecule is CC1(CNC(=O)c2sccc2NC(=O)c2ccncc2)CCNCC1.Cl.Cl. The molecule has 2 aromatic rings. The maximum atomic E-state index is 12.6. The number of thiophene rings is 1. The first kappa shape index (κ1) is 23.4. The highest BCUT2D eigenvalue weighted by Crippen LogP contribution is 2.28. The van der Waals surface area contributed by atoms with E-state index in [4.69, 9.17) is 0 Å². The Hall–Kier alpha value is -1.67. The molecule has 6 nitrogen and oxygen atoms in total. The molecule has 27 heavy (non-hydrogen) atoms. The molecule has 0 atom stereocenters. The van der Waals surface area contributed by atoms with Crippen molar-refractivity contribution in [3.63, 3.8) is 0 Å². The molecule has 0 unspecified atom stereocenters. The van der Waals surface area contributed by atoms with Crippen LogP contribution in [-0.4, -0.2) is 36.4 Å². The van der Waals surface area contributed by atoms with Gasteiger partial charge in [-0.25, -0.2) is 0 Å². The number of anilines is 1. The fourth-order valence-corrected chi connectivity index (χ4v) is 3.63. The fourth-order valence-electron chi connectivity index (χ4n) is 2.86. The number of halogens is 2. The number of hydrogen-bond acceptors (Lipinski definition) is 5. The summed E-state index contributed by atoms with van der Waals surface area (Å²) >= 11 is 1.33. The average molecular weight is 431 g/mol. The molecule has 2 amide bonds. The third kappa shape index (κ3) is 6.17. The molecular weight excluding hydrogens is 407 g/mol. The maximum absolute atomic E-state index is 12.6. The summed E-state index contributed by atoms with van der Waals surface area (Å²) in [5, 5.41) is 11.0. The summed E-state index contributed by atoms with van der Waals surface area (Å²) in [4.78, 5) is 29.2. The molecule has 2 aromatic heterocycles. The van der Waals surface area contributed by atoms with E-state index in [1.807, 2.05) is 5.38 Å². The second-order valence-corrected chi connectivity index (χ2v) is 7.51. The zero-order valence-corrected chi connectivity index (χ0v) is 17.4. The molecule has 1 saturated heterocycles. The molecule has 0 aromatic carbocycles. The van der Waals surface area contributed by atoms with Crippen molar-refractivity contribution in [2.75, 3.05) is 25.0 Å². The molecule has 0 spiro atoms. The van der Waals surface area contributed by atoms with Crippen LogP contribution in [-0.2, 0) is 0 Å². The number of carbonyl (C=O) groups is 2. The summed E-state index contributed by atoms with van der Waals surface area (Å²) in [5.74, 6) is -0.389. The average Bonchev–Trinajstić information content (AvgIpc) is 3.09. The van der Waals surface area contributed by atoms with Crippen molar-refractivity contribution < 1.29 is 9.59 Å². The minimum absolute atomic E-state index is 0. The fraction of sp³-hybridized carbons (Fsp3) is 0.389. The molecule has 148 valence electrons. The van der Waals surface area contributed by atoms with E-state index in [0.717, 1.165) is 25.9 Å². The minimum Gasteiger partial charge on any atom is -0.351 e. The molecule has 0 bridgehead atoms. The Balaban J connectivity index is 0.00000182. The standard InChI is InChI=1S/C18H22N4O2S.2ClH/c1-18(5-9-20-10-6-18)12-21-17(24)15-14(4-11-25-15)22-16(23)13-2-7-19-8-3-13;;/h2-4,7-8,11,20H,5-6,9-10,12H2,1H3,(H,21,24)(H,22,23);2*1H. The van der Waals surface area contributed by atoms with Crippen LogP contribution in [0.1, 0.15) is 39.8 Å². The lowest BCUT2D eigenvalue weighted by Gasteiger charge is -2.34. The Labute approximate surface area is 175 Å². The molecular formula is C18H24Cl2N4O2S. The molecule has 3 N–H and O–H groups in total. The third-order valence-electron chi connectivity index (χ3n) is 4.55. The van der Waals surface area contributed by atoms with Crippen molar-refractivity contribution in [2.24, 2.45) is 5.41 Å². The maximum Gasteiger partial charge on any atom is 0.263 e. The predicted molar refractivity (Wildman–Crippen MR) is 114 cm³/mol. The zero-order valence-electron chi connectivity index (χ0n) is 15.0. The van der Waals surface area contributed by atoms with Gasteiger partial charge in [0.05, 0.1) is 5.69 Å². The van der Waals surface area contributed by atoms with Crippen LogP contribution < -0.4 is 16.0 Å². The number of nitrogens with one attached hydrogen (secondary N) is 3. The van der Waals surface area contributed by atoms with Crippen LogP contribution >= 0.6 is 36.2 Å². The molecule has 0 saturated carbocycles. The van der Waals surface area contributed by atoms with E-state index >= 15 is 0 Å². The Bertz CT molecular complexity index is 749. The predicted octanol–water partition coefficient (Wildman–Crippen LogP) is 3.36. The molecule has 3 heterocycles. The minimum atomic E-state index is -0.250. The topological polar surface area (TPSA) is 83.1 Å². The smallest absolute Gasteiger partial charge is 0.263 e. The number of piperidine rings is 1. The van der Waals surface area contributed by atoms with E-state index in [0.29, 0.717) is 22.7 Å². The van der Waals surface area contributed by atoms with Gasteiger partial charge in [-0.05, 0) is 54.9 Å². The van der Waals surface area contributed by atoms with Gasteiger partial charge in [0.15, 0.2) is 0 Å². The molecule has 1 aliphatic heterocycles. The van der Waals surface area contributed by atoms with Gasteiger partial charge in [-0.1, -0.05) is 6.92 Å². The Morgan fingerprint density at radius 3 is 2.48 bits per heavy atom. The van der Waals surface area contributed by atoms with E-state index in [2.05, 4.69) is 27.9 Å². The lowest BCUT2D eigenvalue weighted by atomic mass is 9.81. The second-order valence-electron chi connectivity index (χ2n) is 6.60. The Morgan fingerprint density at radius 1 is 1.15 bits per heavy atom. The Kier molecular flexibility index (Phi) is 9.18. The first-order valence-electron chi connectivity index (χ1n) is 8.35. The lowest BCUT2D eigenvalue weighted by Crippen LogP contribution is -2.42. The van der Waals surface area contributed by atoms with Gasteiger partial charge in [-0.15, -0.1) is 36.2 Å². The molecule has 0 radical (unpaired) electrons. The van der Waals surface area contributed by atoms with Gasteiger partial charge in [0.25, 0.3) is 11.8 Å². The first-order valence-corrected chi connectivity index (χ1v) is 9.23. The van der Waals surface area contributed by atoms with E-state index in [9.17, 15) is 9.59 Å². The largest absolute Gasteiger partial charge is 0.351 e. The highest BCUT2D eigenvalue weighted by atomic mass is 35.5. The van der Waals surface area contributed by atoms with Crippen LogP contribution in [0.2, 0.25) is 0 Å². The number of hydrogen-bond donors (Lipinski definition) is 3. The first-order chi connectivity index (χ1) is 12.1. The van der Waals surface area contributed by atoms with E-state index in [1.165, 1.54) is 11.3 Å². The number of carbonyl (C=O) groups excluding carboxylic acids is 2. The summed E-state index contributed by atoms with van der Waals surface area (Å²) in [6.45, 7) is 4.81. The van der Waals surface area contributed by atoms with Crippen molar-refractivity contribution in [3.05, 3.63) is 46.4 Å². The van der Waals surface area contributed by atoms with Crippen LogP contribution in [0.25, 0.3) is 0 Å².